The van der Waals surface area contributed by atoms with E-state index in [4.69, 9.17) is 9.65 Å². The topological polar surface area (TPSA) is 77.6 Å². The Bertz CT molecular complexity index is 1560. The average molecular weight is 513 g/mol. The Labute approximate surface area is 231 Å². The highest BCUT2D eigenvalue weighted by Crippen LogP contribution is 2.35. The Morgan fingerprint density at radius 1 is 0.846 bits per heavy atom. The quantitative estimate of drug-likeness (QED) is 0.318. The molecule has 4 aromatic carbocycles. The normalized spacial score (nSPS) is 15.0. The summed E-state index contributed by atoms with van der Waals surface area (Å²) < 4.78 is 6.04. The van der Waals surface area contributed by atoms with Gasteiger partial charge in [0.25, 0.3) is 0 Å². The summed E-state index contributed by atoms with van der Waals surface area (Å²) >= 11 is 0. The molecule has 0 amide bonds. The third-order valence-corrected chi connectivity index (χ3v) is 7.61. The zero-order valence-corrected chi connectivity index (χ0v) is 22.8. The Morgan fingerprint density at radius 2 is 1.54 bits per heavy atom. The second-order valence-electron chi connectivity index (χ2n) is 11.0. The van der Waals surface area contributed by atoms with E-state index in [1.54, 1.807) is 13.8 Å². The maximum Gasteiger partial charge on any atom is 0.309 e. The van der Waals surface area contributed by atoms with Crippen molar-refractivity contribution in [3.05, 3.63) is 119 Å². The Balaban J connectivity index is 1.42. The minimum Gasteiger partial charge on any atom is -0.427 e. The zero-order valence-electron chi connectivity index (χ0n) is 22.8. The van der Waals surface area contributed by atoms with E-state index in [0.717, 1.165) is 44.8 Å². The minimum atomic E-state index is -0.952. The van der Waals surface area contributed by atoms with Crippen LogP contribution in [0.3, 0.4) is 0 Å². The first-order valence-electron chi connectivity index (χ1n) is 13.1. The van der Waals surface area contributed by atoms with Crippen LogP contribution in [0.1, 0.15) is 56.0 Å². The van der Waals surface area contributed by atoms with Gasteiger partial charge in [-0.25, -0.2) is 4.99 Å². The van der Waals surface area contributed by atoms with Crippen LogP contribution in [0.2, 0.25) is 0 Å². The number of nitrogens with zero attached hydrogens (tertiary/aromatic N) is 2. The first-order chi connectivity index (χ1) is 18.6. The molecule has 0 radical (unpaired) electrons. The summed E-state index contributed by atoms with van der Waals surface area (Å²) in [6.45, 7) is 7.32. The molecule has 0 saturated carbocycles. The molecule has 0 saturated heterocycles. The van der Waals surface area contributed by atoms with Crippen LogP contribution in [0, 0.1) is 11.3 Å². The van der Waals surface area contributed by atoms with E-state index in [-0.39, 0.29) is 6.04 Å². The number of aliphatic imine (C=N–C) groups is 1. The van der Waals surface area contributed by atoms with Gasteiger partial charge in [-0.15, -0.1) is 0 Å². The van der Waals surface area contributed by atoms with Gasteiger partial charge in [0, 0.05) is 11.1 Å². The molecule has 5 nitrogen and oxygen atoms in total. The van der Waals surface area contributed by atoms with E-state index in [1.165, 1.54) is 0 Å². The number of hydrogen-bond acceptors (Lipinski definition) is 5. The van der Waals surface area contributed by atoms with Crippen LogP contribution in [0.5, 0.6) is 0 Å². The molecule has 0 aliphatic carbocycles. The number of nitrogens with one attached hydrogen (secondary N) is 1. The number of aliphatic hydroxyl groups is 1. The van der Waals surface area contributed by atoms with E-state index in [2.05, 4.69) is 53.9 Å². The molecular formula is C33H32BN3O2. The smallest absolute Gasteiger partial charge is 0.309 e. The predicted octanol–water partition coefficient (Wildman–Crippen LogP) is 5.54. The predicted molar refractivity (Wildman–Crippen MR) is 159 cm³/mol. The number of hydrogen-bond donors (Lipinski definition) is 2. The van der Waals surface area contributed by atoms with Gasteiger partial charge in [-0.3, -0.25) is 0 Å². The van der Waals surface area contributed by atoms with Crippen LogP contribution in [0.15, 0.2) is 102 Å². The van der Waals surface area contributed by atoms with Crippen molar-refractivity contribution in [3.8, 4) is 17.2 Å². The highest BCUT2D eigenvalue weighted by Gasteiger charge is 2.35. The molecule has 6 heteroatoms. The molecule has 1 aliphatic heterocycles. The van der Waals surface area contributed by atoms with Gasteiger partial charge in [-0.2, -0.15) is 5.26 Å². The molecule has 0 spiro atoms. The lowest BCUT2D eigenvalue weighted by atomic mass is 9.82. The Hall–Kier alpha value is -4.18. The lowest BCUT2D eigenvalue weighted by Gasteiger charge is -2.37. The lowest BCUT2D eigenvalue weighted by Crippen LogP contribution is -2.49. The van der Waals surface area contributed by atoms with Gasteiger partial charge in [0.2, 0.25) is 0 Å². The Morgan fingerprint density at radius 3 is 2.26 bits per heavy atom. The highest BCUT2D eigenvalue weighted by molar-refractivity contribution is 6.47. The molecule has 1 heterocycles. The molecule has 2 N–H and O–H groups in total. The van der Waals surface area contributed by atoms with Gasteiger partial charge in [0.15, 0.2) is 0 Å². The van der Waals surface area contributed by atoms with Crippen LogP contribution < -0.4 is 10.8 Å². The third kappa shape index (κ3) is 5.66. The van der Waals surface area contributed by atoms with Crippen LogP contribution in [0.4, 0.5) is 5.69 Å². The van der Waals surface area contributed by atoms with Gasteiger partial charge in [-0.1, -0.05) is 78.3 Å². The average Bonchev–Trinajstić information content (AvgIpc) is 2.95. The van der Waals surface area contributed by atoms with Crippen molar-refractivity contribution in [3.63, 3.8) is 0 Å². The second kappa shape index (κ2) is 10.5. The van der Waals surface area contributed by atoms with Gasteiger partial charge < -0.3 is 15.1 Å². The molecule has 1 atom stereocenters. The highest BCUT2D eigenvalue weighted by atomic mass is 16.5. The molecule has 1 unspecified atom stereocenters. The monoisotopic (exact) mass is 513 g/mol. The summed E-state index contributed by atoms with van der Waals surface area (Å²) in [7, 11) is 0.405. The SMILES string of the molecule is CC(C)(O)C(C)(C)OBc1ccc(C2=Nc3ccccc3C(c3cccc(-c4cccc(C#N)c4)c3)N2)cc1. The van der Waals surface area contributed by atoms with E-state index in [1.807, 2.05) is 68.4 Å². The summed E-state index contributed by atoms with van der Waals surface area (Å²) in [5.74, 6) is 0.805. The molecule has 4 aromatic rings. The maximum atomic E-state index is 10.4. The van der Waals surface area contributed by atoms with E-state index >= 15 is 0 Å². The first kappa shape index (κ1) is 26.4. The fourth-order valence-electron chi connectivity index (χ4n) is 4.48. The van der Waals surface area contributed by atoms with Crippen molar-refractivity contribution >= 4 is 24.5 Å². The molecule has 0 aromatic heterocycles. The van der Waals surface area contributed by atoms with Crippen molar-refractivity contribution in [2.24, 2.45) is 4.99 Å². The number of rotatable bonds is 7. The summed E-state index contributed by atoms with van der Waals surface area (Å²) in [5, 5.41) is 23.4. The molecule has 0 bridgehead atoms. The van der Waals surface area contributed by atoms with Crippen molar-refractivity contribution in [2.45, 2.75) is 44.9 Å². The molecule has 5 rings (SSSR count). The van der Waals surface area contributed by atoms with Gasteiger partial charge in [-0.05, 0) is 68.7 Å². The van der Waals surface area contributed by atoms with Crippen LogP contribution >= 0.6 is 0 Å². The molecule has 194 valence electrons. The molecular weight excluding hydrogens is 481 g/mol. The molecule has 0 fully saturated rings. The maximum absolute atomic E-state index is 10.4. The van der Waals surface area contributed by atoms with Gasteiger partial charge >= 0.3 is 7.48 Å². The molecule has 39 heavy (non-hydrogen) atoms. The second-order valence-corrected chi connectivity index (χ2v) is 11.0. The van der Waals surface area contributed by atoms with Crippen molar-refractivity contribution in [1.82, 2.24) is 5.32 Å². The number of amidine groups is 1. The van der Waals surface area contributed by atoms with Crippen LogP contribution in [-0.2, 0) is 4.65 Å². The minimum absolute atomic E-state index is 0.0802. The lowest BCUT2D eigenvalue weighted by molar-refractivity contribution is -0.0893. The summed E-state index contributed by atoms with van der Waals surface area (Å²) in [5.41, 5.74) is 6.27. The number of para-hydroxylation sites is 1. The fraction of sp³-hybridized carbons (Fsp3) is 0.212. The van der Waals surface area contributed by atoms with E-state index in [0.29, 0.717) is 13.0 Å². The summed E-state index contributed by atoms with van der Waals surface area (Å²) in [4.78, 5) is 4.95. The number of fused-ring (bicyclic) bond motifs is 1. The zero-order chi connectivity index (χ0) is 27.6. The first-order valence-corrected chi connectivity index (χ1v) is 13.1. The number of nitriles is 1. The Kier molecular flexibility index (Phi) is 7.14. The third-order valence-electron chi connectivity index (χ3n) is 7.61. The van der Waals surface area contributed by atoms with Gasteiger partial charge in [0.1, 0.15) is 5.84 Å². The fourth-order valence-corrected chi connectivity index (χ4v) is 4.48. The van der Waals surface area contributed by atoms with Crippen molar-refractivity contribution in [1.29, 1.82) is 5.26 Å². The van der Waals surface area contributed by atoms with Crippen molar-refractivity contribution in [2.75, 3.05) is 0 Å². The summed E-state index contributed by atoms with van der Waals surface area (Å²) in [6.07, 6.45) is 0. The van der Waals surface area contributed by atoms with Gasteiger partial charge in [0.05, 0.1) is 34.6 Å². The summed E-state index contributed by atoms with van der Waals surface area (Å²) in [6, 6.07) is 34.7. The standard InChI is InChI=1S/C33H32BN3O2/c1-32(2,38)33(3,4)39-34-27-17-15-23(16-18-27)31-36-29-14-6-5-13-28(29)30(37-31)26-12-8-11-25(20-26)24-10-7-9-22(19-24)21-35/h5-20,30,34,38H,1-4H3,(H,36,37). The van der Waals surface area contributed by atoms with E-state index in [9.17, 15) is 10.4 Å². The largest absolute Gasteiger partial charge is 0.427 e. The molecule has 1 aliphatic rings. The number of benzene rings is 4. The van der Waals surface area contributed by atoms with E-state index < -0.39 is 11.2 Å². The van der Waals surface area contributed by atoms with Crippen LogP contribution in [0.25, 0.3) is 11.1 Å². The van der Waals surface area contributed by atoms with Crippen molar-refractivity contribution < 1.29 is 9.76 Å². The van der Waals surface area contributed by atoms with Crippen LogP contribution in [-0.4, -0.2) is 29.6 Å².